The molecule has 5 nitrogen and oxygen atoms in total. The maximum atomic E-state index is 12.5. The monoisotopic (exact) mass is 258 g/mol. The van der Waals surface area contributed by atoms with E-state index in [0.29, 0.717) is 0 Å². The molecule has 1 fully saturated rings. The first-order valence-corrected chi connectivity index (χ1v) is 6.72. The summed E-state index contributed by atoms with van der Waals surface area (Å²) in [5, 5.41) is 4.23. The Hall–Kier alpha value is -1.88. The SMILES string of the molecule is NC1(n2ncn(-c3ccccc3)c2=O)CCCCC1. The maximum absolute atomic E-state index is 12.5. The van der Waals surface area contributed by atoms with Crippen molar-refractivity contribution in [3.8, 4) is 5.69 Å². The third-order valence-corrected chi connectivity index (χ3v) is 3.85. The van der Waals surface area contributed by atoms with Gasteiger partial charge in [-0.15, -0.1) is 0 Å². The molecule has 0 saturated heterocycles. The van der Waals surface area contributed by atoms with Gasteiger partial charge in [-0.2, -0.15) is 9.78 Å². The summed E-state index contributed by atoms with van der Waals surface area (Å²) in [6.45, 7) is 0. The minimum Gasteiger partial charge on any atom is -0.307 e. The second-order valence-electron chi connectivity index (χ2n) is 5.20. The Labute approximate surface area is 111 Å². The molecule has 2 N–H and O–H groups in total. The zero-order valence-electron chi connectivity index (χ0n) is 10.8. The maximum Gasteiger partial charge on any atom is 0.352 e. The molecule has 100 valence electrons. The number of nitrogens with zero attached hydrogens (tertiary/aromatic N) is 3. The van der Waals surface area contributed by atoms with E-state index in [0.717, 1.165) is 31.4 Å². The van der Waals surface area contributed by atoms with Crippen LogP contribution in [0.25, 0.3) is 5.69 Å². The third kappa shape index (κ3) is 2.10. The largest absolute Gasteiger partial charge is 0.352 e. The first-order valence-electron chi connectivity index (χ1n) is 6.72. The second kappa shape index (κ2) is 4.66. The molecule has 0 unspecified atom stereocenters. The Balaban J connectivity index is 2.02. The lowest BCUT2D eigenvalue weighted by Crippen LogP contribution is -2.50. The molecule has 1 saturated carbocycles. The molecule has 0 aliphatic heterocycles. The molecule has 1 heterocycles. The van der Waals surface area contributed by atoms with Crippen molar-refractivity contribution in [2.45, 2.75) is 37.8 Å². The smallest absolute Gasteiger partial charge is 0.307 e. The van der Waals surface area contributed by atoms with Crippen molar-refractivity contribution in [2.75, 3.05) is 0 Å². The quantitative estimate of drug-likeness (QED) is 0.890. The van der Waals surface area contributed by atoms with Crippen LogP contribution in [0.1, 0.15) is 32.1 Å². The Morgan fingerprint density at radius 3 is 2.47 bits per heavy atom. The summed E-state index contributed by atoms with van der Waals surface area (Å²) in [6.07, 6.45) is 6.49. The van der Waals surface area contributed by atoms with Crippen molar-refractivity contribution in [3.63, 3.8) is 0 Å². The fourth-order valence-electron chi connectivity index (χ4n) is 2.75. The Kier molecular flexibility index (Phi) is 2.98. The summed E-state index contributed by atoms with van der Waals surface area (Å²) in [5.41, 5.74) is 6.40. The van der Waals surface area contributed by atoms with Crippen molar-refractivity contribution in [1.29, 1.82) is 0 Å². The first kappa shape index (κ1) is 12.2. The fraction of sp³-hybridized carbons (Fsp3) is 0.429. The van der Waals surface area contributed by atoms with Gasteiger partial charge in [-0.1, -0.05) is 24.6 Å². The molecule has 0 atom stereocenters. The van der Waals surface area contributed by atoms with Crippen LogP contribution in [0.2, 0.25) is 0 Å². The standard InChI is InChI=1S/C14H18N4O/c15-14(9-5-2-6-10-14)18-13(19)17(11-16-18)12-7-3-1-4-8-12/h1,3-4,7-8,11H,2,5-6,9-10,15H2. The summed E-state index contributed by atoms with van der Waals surface area (Å²) < 4.78 is 3.00. The highest BCUT2D eigenvalue weighted by molar-refractivity contribution is 5.30. The molecule has 19 heavy (non-hydrogen) atoms. The number of aromatic nitrogens is 3. The van der Waals surface area contributed by atoms with Gasteiger partial charge in [0, 0.05) is 0 Å². The highest BCUT2D eigenvalue weighted by Crippen LogP contribution is 2.28. The van der Waals surface area contributed by atoms with Gasteiger partial charge in [0.25, 0.3) is 0 Å². The lowest BCUT2D eigenvalue weighted by molar-refractivity contribution is 0.175. The molecule has 1 aliphatic carbocycles. The van der Waals surface area contributed by atoms with E-state index in [2.05, 4.69) is 5.10 Å². The van der Waals surface area contributed by atoms with E-state index < -0.39 is 5.66 Å². The van der Waals surface area contributed by atoms with E-state index in [4.69, 9.17) is 5.73 Å². The highest BCUT2D eigenvalue weighted by atomic mass is 16.2. The van der Waals surface area contributed by atoms with Crippen LogP contribution in [0.15, 0.2) is 41.5 Å². The molecule has 5 heteroatoms. The van der Waals surface area contributed by atoms with Gasteiger partial charge >= 0.3 is 5.69 Å². The minimum atomic E-state index is -0.616. The van der Waals surface area contributed by atoms with Crippen molar-refractivity contribution in [1.82, 2.24) is 14.3 Å². The molecule has 1 aromatic heterocycles. The van der Waals surface area contributed by atoms with Gasteiger partial charge < -0.3 is 5.73 Å². The summed E-state index contributed by atoms with van der Waals surface area (Å²) in [7, 11) is 0. The van der Waals surface area contributed by atoms with Crippen molar-refractivity contribution >= 4 is 0 Å². The summed E-state index contributed by atoms with van der Waals surface area (Å²) >= 11 is 0. The minimum absolute atomic E-state index is 0.157. The lowest BCUT2D eigenvalue weighted by Gasteiger charge is -2.32. The zero-order valence-corrected chi connectivity index (χ0v) is 10.8. The molecule has 1 aliphatic rings. The van der Waals surface area contributed by atoms with E-state index >= 15 is 0 Å². The van der Waals surface area contributed by atoms with Crippen LogP contribution in [0, 0.1) is 0 Å². The van der Waals surface area contributed by atoms with E-state index in [1.54, 1.807) is 10.9 Å². The van der Waals surface area contributed by atoms with Crippen LogP contribution in [0.3, 0.4) is 0 Å². The molecule has 0 radical (unpaired) electrons. The molecule has 0 spiro atoms. The van der Waals surface area contributed by atoms with Crippen LogP contribution in [-0.4, -0.2) is 14.3 Å². The summed E-state index contributed by atoms with van der Waals surface area (Å²) in [4.78, 5) is 12.5. The van der Waals surface area contributed by atoms with Gasteiger partial charge in [0.15, 0.2) is 0 Å². The van der Waals surface area contributed by atoms with Crippen LogP contribution in [-0.2, 0) is 5.66 Å². The van der Waals surface area contributed by atoms with Crippen molar-refractivity contribution < 1.29 is 0 Å². The van der Waals surface area contributed by atoms with Gasteiger partial charge in [-0.3, -0.25) is 0 Å². The summed E-state index contributed by atoms with van der Waals surface area (Å²) in [5.74, 6) is 0. The van der Waals surface area contributed by atoms with E-state index in [9.17, 15) is 4.79 Å². The predicted octanol–water partition coefficient (Wildman–Crippen LogP) is 1.61. The number of nitrogens with two attached hydrogens (primary N) is 1. The summed E-state index contributed by atoms with van der Waals surface area (Å²) in [6, 6.07) is 9.50. The molecule has 1 aromatic carbocycles. The molecule has 0 amide bonds. The lowest BCUT2D eigenvalue weighted by atomic mass is 9.90. The highest BCUT2D eigenvalue weighted by Gasteiger charge is 2.32. The van der Waals surface area contributed by atoms with E-state index in [-0.39, 0.29) is 5.69 Å². The number of hydrogen-bond acceptors (Lipinski definition) is 3. The van der Waals surface area contributed by atoms with Crippen LogP contribution >= 0.6 is 0 Å². The topological polar surface area (TPSA) is 65.8 Å². The van der Waals surface area contributed by atoms with Crippen LogP contribution < -0.4 is 11.4 Å². The molecular weight excluding hydrogens is 240 g/mol. The number of benzene rings is 1. The average molecular weight is 258 g/mol. The number of hydrogen-bond donors (Lipinski definition) is 1. The zero-order chi connectivity index (χ0) is 13.3. The van der Waals surface area contributed by atoms with Gasteiger partial charge in [0.05, 0.1) is 5.69 Å². The van der Waals surface area contributed by atoms with Crippen LogP contribution in [0.4, 0.5) is 0 Å². The first-order chi connectivity index (χ1) is 9.21. The molecule has 2 aromatic rings. The number of rotatable bonds is 2. The van der Waals surface area contributed by atoms with Gasteiger partial charge in [0.2, 0.25) is 0 Å². The van der Waals surface area contributed by atoms with Gasteiger partial charge in [-0.25, -0.2) is 9.36 Å². The van der Waals surface area contributed by atoms with E-state index in [1.165, 1.54) is 11.1 Å². The average Bonchev–Trinajstić information content (AvgIpc) is 2.83. The fourth-order valence-corrected chi connectivity index (χ4v) is 2.75. The van der Waals surface area contributed by atoms with Crippen molar-refractivity contribution in [2.24, 2.45) is 5.73 Å². The second-order valence-corrected chi connectivity index (χ2v) is 5.20. The number of para-hydroxylation sites is 1. The Morgan fingerprint density at radius 1 is 1.11 bits per heavy atom. The predicted molar refractivity (Wildman–Crippen MR) is 73.1 cm³/mol. The Bertz CT molecular complexity index is 608. The van der Waals surface area contributed by atoms with E-state index in [1.807, 2.05) is 30.3 Å². The Morgan fingerprint density at radius 2 is 1.79 bits per heavy atom. The van der Waals surface area contributed by atoms with Crippen molar-refractivity contribution in [3.05, 3.63) is 47.1 Å². The molecular formula is C14H18N4O. The molecule has 3 rings (SSSR count). The van der Waals surface area contributed by atoms with Gasteiger partial charge in [-0.05, 0) is 37.8 Å². The van der Waals surface area contributed by atoms with Gasteiger partial charge in [0.1, 0.15) is 12.0 Å². The third-order valence-electron chi connectivity index (χ3n) is 3.85. The molecule has 0 bridgehead atoms. The normalized spacial score (nSPS) is 18.4. The van der Waals surface area contributed by atoms with Crippen LogP contribution in [0.5, 0.6) is 0 Å².